The molecule has 20 heavy (non-hydrogen) atoms. The van der Waals surface area contributed by atoms with Gasteiger partial charge in [-0.3, -0.25) is 9.48 Å². The van der Waals surface area contributed by atoms with Crippen molar-refractivity contribution >= 4 is 5.91 Å². The van der Waals surface area contributed by atoms with Gasteiger partial charge >= 0.3 is 0 Å². The number of carbonyl (C=O) groups is 1. The number of carbonyl (C=O) groups excluding carboxylic acids is 1. The number of nitrogens with one attached hydrogen (secondary N) is 1. The predicted octanol–water partition coefficient (Wildman–Crippen LogP) is 1.11. The highest BCUT2D eigenvalue weighted by Crippen LogP contribution is 2.22. The Bertz CT molecular complexity index is 448. The summed E-state index contributed by atoms with van der Waals surface area (Å²) in [7, 11) is 1.93. The van der Waals surface area contributed by atoms with E-state index in [1.165, 1.54) is 0 Å². The SMILES string of the molecule is CC(=O)N1CCC(NC(c2ncnn2C)C(C)C)CC1. The van der Waals surface area contributed by atoms with Crippen LogP contribution >= 0.6 is 0 Å². The molecule has 1 atom stereocenters. The Kier molecular flexibility index (Phi) is 4.75. The van der Waals surface area contributed by atoms with Crippen molar-refractivity contribution in [1.82, 2.24) is 25.0 Å². The van der Waals surface area contributed by atoms with E-state index in [1.807, 2.05) is 16.6 Å². The molecule has 0 spiro atoms. The minimum Gasteiger partial charge on any atom is -0.343 e. The Morgan fingerprint density at radius 3 is 2.50 bits per heavy atom. The molecule has 6 nitrogen and oxygen atoms in total. The van der Waals surface area contributed by atoms with Crippen LogP contribution in [0.4, 0.5) is 0 Å². The van der Waals surface area contributed by atoms with Gasteiger partial charge in [-0.15, -0.1) is 0 Å². The fourth-order valence-electron chi connectivity index (χ4n) is 2.77. The van der Waals surface area contributed by atoms with Crippen molar-refractivity contribution in [1.29, 1.82) is 0 Å². The van der Waals surface area contributed by atoms with Gasteiger partial charge in [0.1, 0.15) is 12.2 Å². The van der Waals surface area contributed by atoms with Gasteiger partial charge in [-0.2, -0.15) is 5.10 Å². The standard InChI is InChI=1S/C14H25N5O/c1-10(2)13(14-15-9-16-18(14)4)17-12-5-7-19(8-6-12)11(3)20/h9-10,12-13,17H,5-8H2,1-4H3. The molecule has 1 saturated heterocycles. The molecule has 0 bridgehead atoms. The van der Waals surface area contributed by atoms with Crippen molar-refractivity contribution in [2.24, 2.45) is 13.0 Å². The van der Waals surface area contributed by atoms with E-state index in [4.69, 9.17) is 0 Å². The maximum Gasteiger partial charge on any atom is 0.219 e. The van der Waals surface area contributed by atoms with Crippen LogP contribution in [-0.2, 0) is 11.8 Å². The van der Waals surface area contributed by atoms with E-state index in [-0.39, 0.29) is 11.9 Å². The third kappa shape index (κ3) is 3.36. The largest absolute Gasteiger partial charge is 0.343 e. The van der Waals surface area contributed by atoms with Gasteiger partial charge in [-0.25, -0.2) is 4.98 Å². The van der Waals surface area contributed by atoms with Crippen molar-refractivity contribution in [2.45, 2.75) is 45.7 Å². The van der Waals surface area contributed by atoms with Gasteiger partial charge in [0, 0.05) is 33.1 Å². The fraction of sp³-hybridized carbons (Fsp3) is 0.786. The molecule has 1 fully saturated rings. The Morgan fingerprint density at radius 1 is 1.40 bits per heavy atom. The minimum atomic E-state index is 0.178. The molecular weight excluding hydrogens is 254 g/mol. The third-order valence-electron chi connectivity index (χ3n) is 4.05. The van der Waals surface area contributed by atoms with E-state index in [9.17, 15) is 4.79 Å². The van der Waals surface area contributed by atoms with E-state index in [1.54, 1.807) is 13.3 Å². The first-order valence-electron chi connectivity index (χ1n) is 7.34. The zero-order valence-electron chi connectivity index (χ0n) is 12.8. The Balaban J connectivity index is 1.97. The number of likely N-dealkylation sites (tertiary alicyclic amines) is 1. The van der Waals surface area contributed by atoms with E-state index >= 15 is 0 Å². The van der Waals surface area contributed by atoms with Crippen LogP contribution in [0.1, 0.15) is 45.5 Å². The van der Waals surface area contributed by atoms with E-state index < -0.39 is 0 Å². The lowest BCUT2D eigenvalue weighted by Crippen LogP contribution is -2.46. The average molecular weight is 279 g/mol. The second-order valence-electron chi connectivity index (χ2n) is 5.91. The molecule has 112 valence electrons. The summed E-state index contributed by atoms with van der Waals surface area (Å²) in [4.78, 5) is 17.6. The summed E-state index contributed by atoms with van der Waals surface area (Å²) < 4.78 is 1.84. The number of nitrogens with zero attached hydrogens (tertiary/aromatic N) is 4. The molecule has 6 heteroatoms. The summed E-state index contributed by atoms with van der Waals surface area (Å²) in [5.74, 6) is 1.61. The van der Waals surface area contributed by atoms with Crippen LogP contribution in [0.15, 0.2) is 6.33 Å². The van der Waals surface area contributed by atoms with Crippen molar-refractivity contribution in [3.05, 3.63) is 12.2 Å². The summed E-state index contributed by atoms with van der Waals surface area (Å²) >= 11 is 0. The van der Waals surface area contributed by atoms with Gasteiger partial charge in [0.25, 0.3) is 0 Å². The highest BCUT2D eigenvalue weighted by molar-refractivity contribution is 5.73. The topological polar surface area (TPSA) is 63.1 Å². The van der Waals surface area contributed by atoms with E-state index in [2.05, 4.69) is 29.2 Å². The second kappa shape index (κ2) is 6.35. The fourth-order valence-corrected chi connectivity index (χ4v) is 2.77. The maximum atomic E-state index is 11.4. The van der Waals surface area contributed by atoms with Gasteiger partial charge < -0.3 is 10.2 Å². The number of hydrogen-bond acceptors (Lipinski definition) is 4. The average Bonchev–Trinajstić information content (AvgIpc) is 2.82. The summed E-state index contributed by atoms with van der Waals surface area (Å²) in [5.41, 5.74) is 0. The summed E-state index contributed by atoms with van der Waals surface area (Å²) in [6.45, 7) is 7.71. The van der Waals surface area contributed by atoms with Crippen molar-refractivity contribution < 1.29 is 4.79 Å². The lowest BCUT2D eigenvalue weighted by molar-refractivity contribution is -0.129. The lowest BCUT2D eigenvalue weighted by Gasteiger charge is -2.34. The minimum absolute atomic E-state index is 0.178. The first-order valence-corrected chi connectivity index (χ1v) is 7.34. The zero-order chi connectivity index (χ0) is 14.7. The number of aryl methyl sites for hydroxylation is 1. The number of aromatic nitrogens is 3. The molecule has 1 aromatic rings. The smallest absolute Gasteiger partial charge is 0.219 e. The molecule has 1 aliphatic rings. The lowest BCUT2D eigenvalue weighted by atomic mass is 9.98. The van der Waals surface area contributed by atoms with Crippen LogP contribution < -0.4 is 5.32 Å². The maximum absolute atomic E-state index is 11.4. The molecule has 0 radical (unpaired) electrons. The van der Waals surface area contributed by atoms with Crippen molar-refractivity contribution in [2.75, 3.05) is 13.1 Å². The predicted molar refractivity (Wildman–Crippen MR) is 77.0 cm³/mol. The van der Waals surface area contributed by atoms with Gasteiger partial charge in [0.15, 0.2) is 0 Å². The van der Waals surface area contributed by atoms with Gasteiger partial charge in [0.2, 0.25) is 5.91 Å². The summed E-state index contributed by atoms with van der Waals surface area (Å²) in [6, 6.07) is 0.645. The molecule has 0 aliphatic carbocycles. The molecule has 0 saturated carbocycles. The van der Waals surface area contributed by atoms with Crippen LogP contribution in [0, 0.1) is 5.92 Å². The number of amides is 1. The van der Waals surface area contributed by atoms with Gasteiger partial charge in [-0.1, -0.05) is 13.8 Å². The van der Waals surface area contributed by atoms with Crippen LogP contribution in [0.2, 0.25) is 0 Å². The molecule has 1 aromatic heterocycles. The zero-order valence-corrected chi connectivity index (χ0v) is 12.8. The Morgan fingerprint density at radius 2 is 2.05 bits per heavy atom. The molecule has 2 rings (SSSR count). The summed E-state index contributed by atoms with van der Waals surface area (Å²) in [5, 5.41) is 7.86. The van der Waals surface area contributed by atoms with Crippen molar-refractivity contribution in [3.63, 3.8) is 0 Å². The third-order valence-corrected chi connectivity index (χ3v) is 4.05. The van der Waals surface area contributed by atoms with Crippen molar-refractivity contribution in [3.8, 4) is 0 Å². The molecule has 2 heterocycles. The molecule has 1 unspecified atom stereocenters. The van der Waals surface area contributed by atoms with E-state index in [0.29, 0.717) is 12.0 Å². The van der Waals surface area contributed by atoms with E-state index in [0.717, 1.165) is 31.8 Å². The molecule has 1 amide bonds. The van der Waals surface area contributed by atoms with Crippen LogP contribution in [-0.4, -0.2) is 44.7 Å². The molecule has 1 aliphatic heterocycles. The summed E-state index contributed by atoms with van der Waals surface area (Å²) in [6.07, 6.45) is 3.60. The Labute approximate surface area is 120 Å². The first-order chi connectivity index (χ1) is 9.49. The highest BCUT2D eigenvalue weighted by Gasteiger charge is 2.27. The van der Waals surface area contributed by atoms with Crippen LogP contribution in [0.5, 0.6) is 0 Å². The molecular formula is C14H25N5O. The van der Waals surface area contributed by atoms with Crippen LogP contribution in [0.3, 0.4) is 0 Å². The molecule has 1 N–H and O–H groups in total. The van der Waals surface area contributed by atoms with Gasteiger partial charge in [-0.05, 0) is 18.8 Å². The van der Waals surface area contributed by atoms with Crippen LogP contribution in [0.25, 0.3) is 0 Å². The second-order valence-corrected chi connectivity index (χ2v) is 5.91. The monoisotopic (exact) mass is 279 g/mol. The Hall–Kier alpha value is -1.43. The number of hydrogen-bond donors (Lipinski definition) is 1. The van der Waals surface area contributed by atoms with Gasteiger partial charge in [0.05, 0.1) is 6.04 Å². The first kappa shape index (κ1) is 15.0. The number of piperidine rings is 1. The highest BCUT2D eigenvalue weighted by atomic mass is 16.2. The quantitative estimate of drug-likeness (QED) is 0.897. The normalized spacial score (nSPS) is 18.6. The molecule has 0 aromatic carbocycles. The number of rotatable bonds is 4.